The fourth-order valence-corrected chi connectivity index (χ4v) is 6.10. The van der Waals surface area contributed by atoms with Crippen LogP contribution in [0.5, 0.6) is 11.5 Å². The molecule has 4 heterocycles. The summed E-state index contributed by atoms with van der Waals surface area (Å²) in [7, 11) is 8.82. The van der Waals surface area contributed by atoms with E-state index in [2.05, 4.69) is 20.9 Å². The van der Waals surface area contributed by atoms with Crippen LogP contribution in [-0.4, -0.2) is 97.9 Å². The molecule has 2 aromatic heterocycles. The molecule has 0 saturated carbocycles. The maximum Gasteiger partial charge on any atom is 0.355 e. The van der Waals surface area contributed by atoms with E-state index in [4.69, 9.17) is 14.2 Å². The summed E-state index contributed by atoms with van der Waals surface area (Å²) in [5.74, 6) is 0.435. The quantitative estimate of drug-likeness (QED) is 0.0917. The summed E-state index contributed by atoms with van der Waals surface area (Å²) in [4.78, 5) is 54.4. The molecule has 14 heteroatoms. The molecular weight excluding hydrogens is 678 g/mol. The molecule has 2 aromatic carbocycles. The first-order chi connectivity index (χ1) is 25.6. The minimum atomic E-state index is -0.300. The lowest BCUT2D eigenvalue weighted by Crippen LogP contribution is -2.35. The van der Waals surface area contributed by atoms with Gasteiger partial charge >= 0.3 is 5.97 Å². The van der Waals surface area contributed by atoms with Gasteiger partial charge in [0.05, 0.1) is 42.4 Å². The lowest BCUT2D eigenvalue weighted by molar-refractivity contribution is -0.116. The van der Waals surface area contributed by atoms with Crippen molar-refractivity contribution in [3.8, 4) is 22.6 Å². The summed E-state index contributed by atoms with van der Waals surface area (Å²) < 4.78 is 19.9. The van der Waals surface area contributed by atoms with Gasteiger partial charge in [0, 0.05) is 76.6 Å². The van der Waals surface area contributed by atoms with Gasteiger partial charge in [-0.3, -0.25) is 19.4 Å². The number of nitrogens with zero attached hydrogens (tertiary/aromatic N) is 4. The van der Waals surface area contributed by atoms with Gasteiger partial charge < -0.3 is 44.2 Å². The van der Waals surface area contributed by atoms with Crippen molar-refractivity contribution < 1.29 is 33.4 Å². The van der Waals surface area contributed by atoms with Crippen LogP contribution in [0.15, 0.2) is 65.9 Å². The van der Waals surface area contributed by atoms with Gasteiger partial charge in [0.15, 0.2) is 17.8 Å². The van der Waals surface area contributed by atoms with Crippen LogP contribution in [0.3, 0.4) is 0 Å². The molecule has 1 unspecified atom stereocenters. The lowest BCUT2D eigenvalue weighted by atomic mass is 10.1. The predicted molar refractivity (Wildman–Crippen MR) is 204 cm³/mol. The molecule has 280 valence electrons. The number of carbonyl (C=O) groups is 4. The Morgan fingerprint density at radius 2 is 1.75 bits per heavy atom. The number of aromatic nitrogens is 2. The average Bonchev–Trinajstić information content (AvgIpc) is 3.88. The second kappa shape index (κ2) is 18.0. The van der Waals surface area contributed by atoms with Crippen molar-refractivity contribution >= 4 is 47.3 Å². The van der Waals surface area contributed by atoms with E-state index in [0.717, 1.165) is 42.5 Å². The monoisotopic (exact) mass is 725 g/mol. The normalized spacial score (nSPS) is 14.3. The van der Waals surface area contributed by atoms with E-state index < -0.39 is 0 Å². The van der Waals surface area contributed by atoms with Crippen LogP contribution < -0.4 is 25.4 Å². The van der Waals surface area contributed by atoms with Crippen molar-refractivity contribution in [3.05, 3.63) is 77.9 Å². The molecule has 6 rings (SSSR count). The highest BCUT2D eigenvalue weighted by atomic mass is 16.5. The number of methoxy groups -OCH3 is 1. The van der Waals surface area contributed by atoms with E-state index in [-0.39, 0.29) is 30.2 Å². The van der Waals surface area contributed by atoms with Crippen molar-refractivity contribution in [3.63, 3.8) is 0 Å². The second-order valence-corrected chi connectivity index (χ2v) is 12.7. The molecule has 1 saturated heterocycles. The van der Waals surface area contributed by atoms with E-state index in [1.54, 1.807) is 40.6 Å². The van der Waals surface area contributed by atoms with Gasteiger partial charge in [0.25, 0.3) is 5.91 Å². The largest absolute Gasteiger partial charge is 0.493 e. The van der Waals surface area contributed by atoms with E-state index in [1.807, 2.05) is 68.8 Å². The highest BCUT2D eigenvalue weighted by Crippen LogP contribution is 2.38. The van der Waals surface area contributed by atoms with Crippen LogP contribution in [0.2, 0.25) is 0 Å². The van der Waals surface area contributed by atoms with Crippen molar-refractivity contribution in [2.75, 3.05) is 58.1 Å². The number of fused-ring (bicyclic) bond motifs is 2. The number of hydrogen-bond acceptors (Lipinski definition) is 10. The first kappa shape index (κ1) is 38.3. The zero-order valence-corrected chi connectivity index (χ0v) is 30.8. The Kier molecular flexibility index (Phi) is 13.1. The molecule has 0 spiro atoms. The van der Waals surface area contributed by atoms with Crippen LogP contribution in [0, 0.1) is 0 Å². The van der Waals surface area contributed by atoms with Gasteiger partial charge in [-0.15, -0.1) is 0 Å². The van der Waals surface area contributed by atoms with Gasteiger partial charge in [0.1, 0.15) is 12.3 Å². The molecule has 0 aliphatic carbocycles. The van der Waals surface area contributed by atoms with Crippen LogP contribution in [-0.2, 0) is 23.6 Å². The fraction of sp³-hybridized carbons (Fsp3) is 0.359. The maximum atomic E-state index is 12.9. The Balaban J connectivity index is 0.000000224. The van der Waals surface area contributed by atoms with Crippen molar-refractivity contribution in [2.45, 2.75) is 31.7 Å². The molecule has 2 amide bonds. The van der Waals surface area contributed by atoms with E-state index in [1.165, 1.54) is 7.11 Å². The first-order valence-electron chi connectivity index (χ1n) is 17.5. The Hall–Kier alpha value is -5.89. The summed E-state index contributed by atoms with van der Waals surface area (Å²) >= 11 is 0. The van der Waals surface area contributed by atoms with Gasteiger partial charge in [-0.25, -0.2) is 4.79 Å². The molecule has 53 heavy (non-hydrogen) atoms. The van der Waals surface area contributed by atoms with E-state index in [9.17, 15) is 19.2 Å². The summed E-state index contributed by atoms with van der Waals surface area (Å²) in [5.41, 5.74) is 5.82. The van der Waals surface area contributed by atoms with Gasteiger partial charge in [-0.2, -0.15) is 0 Å². The number of hydrogen-bond donors (Lipinski definition) is 3. The highest BCUT2D eigenvalue weighted by Gasteiger charge is 2.32. The van der Waals surface area contributed by atoms with Crippen LogP contribution in [0.25, 0.3) is 11.1 Å². The number of anilines is 2. The third-order valence-corrected chi connectivity index (χ3v) is 9.02. The van der Waals surface area contributed by atoms with Crippen LogP contribution in [0.1, 0.15) is 57.0 Å². The van der Waals surface area contributed by atoms with Crippen LogP contribution in [0.4, 0.5) is 17.1 Å². The minimum Gasteiger partial charge on any atom is -0.493 e. The predicted octanol–water partition coefficient (Wildman–Crippen LogP) is 5.07. The number of esters is 1. The number of likely N-dealkylation sites (N-methyl/N-ethyl adjacent to an activating group) is 1. The molecule has 2 aliphatic rings. The SMILES string of the molecule is CNCCOC(=O)c1cc(-c2ccc(NC)cc2)cn1C.COc1cc2c(cc1OCCCC(=O)Nc1cc(C=O)n(C)c1)N=CC1CCCN1C2=O. The minimum absolute atomic E-state index is 0.0380. The Labute approximate surface area is 309 Å². The molecule has 3 N–H and O–H groups in total. The molecule has 1 atom stereocenters. The van der Waals surface area contributed by atoms with Gasteiger partial charge in [-0.1, -0.05) is 12.1 Å². The number of aryl methyl sites for hydroxylation is 2. The molecule has 0 bridgehead atoms. The molecule has 4 aromatic rings. The Morgan fingerprint density at radius 1 is 0.962 bits per heavy atom. The molecule has 1 fully saturated rings. The highest BCUT2D eigenvalue weighted by molar-refractivity contribution is 6.03. The standard InChI is InChI=1S/C23H26N4O5.C16H21N3O2/c1-26-13-15(9-17(26)14-28)25-22(29)6-4-8-32-21-11-19-18(10-20(21)31-2)23(30)27-7-3-5-16(27)12-24-19;1-17-8-9-21-16(20)15-10-13(11-19(15)3)12-4-6-14(18-2)7-5-12/h9-14,16H,3-8H2,1-2H3,(H,25,29);4-7,10-11,17-18H,8-9H2,1-3H3. The molecular formula is C39H47N7O7. The Bertz CT molecular complexity index is 1950. The lowest BCUT2D eigenvalue weighted by Gasteiger charge is -2.20. The van der Waals surface area contributed by atoms with Crippen molar-refractivity contribution in [2.24, 2.45) is 19.1 Å². The summed E-state index contributed by atoms with van der Waals surface area (Å²) in [6.07, 6.45) is 8.82. The number of aliphatic imine (C=N–C) groups is 1. The van der Waals surface area contributed by atoms with Crippen LogP contribution >= 0.6 is 0 Å². The number of nitrogens with one attached hydrogen (secondary N) is 3. The number of carbonyl (C=O) groups excluding carboxylic acids is 4. The third-order valence-electron chi connectivity index (χ3n) is 9.02. The fourth-order valence-electron chi connectivity index (χ4n) is 6.10. The number of aldehydes is 1. The van der Waals surface area contributed by atoms with Gasteiger partial charge in [-0.05, 0) is 62.2 Å². The average molecular weight is 726 g/mol. The van der Waals surface area contributed by atoms with E-state index in [0.29, 0.717) is 66.0 Å². The molecule has 14 nitrogen and oxygen atoms in total. The van der Waals surface area contributed by atoms with E-state index >= 15 is 0 Å². The smallest absolute Gasteiger partial charge is 0.355 e. The number of amides is 2. The summed E-state index contributed by atoms with van der Waals surface area (Å²) in [6.45, 7) is 2.04. The zero-order valence-electron chi connectivity index (χ0n) is 30.8. The maximum absolute atomic E-state index is 12.9. The number of ether oxygens (including phenoxy) is 3. The topological polar surface area (TPSA) is 158 Å². The third kappa shape index (κ3) is 9.51. The number of benzene rings is 2. The molecule has 0 radical (unpaired) electrons. The van der Waals surface area contributed by atoms with Gasteiger partial charge in [0.2, 0.25) is 5.91 Å². The Morgan fingerprint density at radius 3 is 2.45 bits per heavy atom. The zero-order chi connectivity index (χ0) is 37.9. The van der Waals surface area contributed by atoms with Crippen molar-refractivity contribution in [1.82, 2.24) is 19.4 Å². The number of rotatable bonds is 14. The summed E-state index contributed by atoms with van der Waals surface area (Å²) in [5, 5.41) is 8.80. The van der Waals surface area contributed by atoms with Crippen molar-refractivity contribution in [1.29, 1.82) is 0 Å². The second-order valence-electron chi connectivity index (χ2n) is 12.7. The molecule has 2 aliphatic heterocycles. The first-order valence-corrected chi connectivity index (χ1v) is 17.5. The summed E-state index contributed by atoms with van der Waals surface area (Å²) in [6, 6.07) is 15.0.